The number of ether oxygens (including phenoxy) is 1. The standard InChI is InChI=1S/C16H17N3O4S/c1-23-16-14(5-3-9-17-16)19-24(21,22)12-7-8-13-11(10-12)4-2-6-15(20)18-13/h3,5,7-10,19H,2,4,6H2,1H3,(H,18,20). The van der Waals surface area contributed by atoms with Gasteiger partial charge < -0.3 is 10.1 Å². The molecule has 1 aliphatic heterocycles. The highest BCUT2D eigenvalue weighted by Crippen LogP contribution is 2.28. The van der Waals surface area contributed by atoms with Crippen LogP contribution in [0.1, 0.15) is 18.4 Å². The van der Waals surface area contributed by atoms with Gasteiger partial charge in [-0.25, -0.2) is 13.4 Å². The van der Waals surface area contributed by atoms with E-state index in [9.17, 15) is 13.2 Å². The average Bonchev–Trinajstić information content (AvgIpc) is 2.74. The summed E-state index contributed by atoms with van der Waals surface area (Å²) in [6.07, 6.45) is 3.28. The number of rotatable bonds is 4. The molecule has 24 heavy (non-hydrogen) atoms. The number of carbonyl (C=O) groups excluding carboxylic acids is 1. The van der Waals surface area contributed by atoms with Crippen molar-refractivity contribution >= 4 is 27.3 Å². The lowest BCUT2D eigenvalue weighted by molar-refractivity contribution is -0.116. The summed E-state index contributed by atoms with van der Waals surface area (Å²) in [5.74, 6) is 0.144. The van der Waals surface area contributed by atoms with Gasteiger partial charge in [0.05, 0.1) is 12.0 Å². The molecule has 0 saturated heterocycles. The van der Waals surface area contributed by atoms with Crippen LogP contribution in [0.15, 0.2) is 41.4 Å². The van der Waals surface area contributed by atoms with Crippen molar-refractivity contribution in [2.75, 3.05) is 17.1 Å². The van der Waals surface area contributed by atoms with E-state index >= 15 is 0 Å². The fourth-order valence-corrected chi connectivity index (χ4v) is 3.66. The zero-order valence-corrected chi connectivity index (χ0v) is 13.9. The van der Waals surface area contributed by atoms with Crippen LogP contribution in [0.3, 0.4) is 0 Å². The van der Waals surface area contributed by atoms with E-state index in [2.05, 4.69) is 15.0 Å². The number of pyridine rings is 1. The first-order valence-electron chi connectivity index (χ1n) is 7.44. The fraction of sp³-hybridized carbons (Fsp3) is 0.250. The number of amides is 1. The molecule has 0 spiro atoms. The number of nitrogens with zero attached hydrogens (tertiary/aromatic N) is 1. The molecule has 2 heterocycles. The zero-order valence-electron chi connectivity index (χ0n) is 13.1. The Labute approximate surface area is 140 Å². The molecule has 126 valence electrons. The quantitative estimate of drug-likeness (QED) is 0.883. The molecule has 7 nitrogen and oxygen atoms in total. The van der Waals surface area contributed by atoms with Crippen molar-refractivity contribution in [3.05, 3.63) is 42.1 Å². The predicted octanol–water partition coefficient (Wildman–Crippen LogP) is 2.17. The molecule has 0 unspecified atom stereocenters. The van der Waals surface area contributed by atoms with Crippen LogP contribution >= 0.6 is 0 Å². The zero-order chi connectivity index (χ0) is 17.2. The van der Waals surface area contributed by atoms with E-state index in [1.165, 1.54) is 19.4 Å². The second kappa shape index (κ2) is 6.48. The van der Waals surface area contributed by atoms with Crippen molar-refractivity contribution in [2.45, 2.75) is 24.2 Å². The van der Waals surface area contributed by atoms with Crippen molar-refractivity contribution in [2.24, 2.45) is 0 Å². The van der Waals surface area contributed by atoms with Crippen LogP contribution < -0.4 is 14.8 Å². The number of fused-ring (bicyclic) bond motifs is 1. The number of methoxy groups -OCH3 is 1. The molecule has 0 atom stereocenters. The first-order chi connectivity index (χ1) is 11.5. The Hall–Kier alpha value is -2.61. The van der Waals surface area contributed by atoms with E-state index in [1.54, 1.807) is 24.3 Å². The molecule has 0 saturated carbocycles. The second-order valence-corrected chi connectivity index (χ2v) is 7.07. The lowest BCUT2D eigenvalue weighted by atomic mass is 10.1. The lowest BCUT2D eigenvalue weighted by Gasteiger charge is -2.13. The van der Waals surface area contributed by atoms with Crippen molar-refractivity contribution < 1.29 is 17.9 Å². The number of hydrogen-bond acceptors (Lipinski definition) is 5. The van der Waals surface area contributed by atoms with Gasteiger partial charge in [0, 0.05) is 18.3 Å². The van der Waals surface area contributed by atoms with Gasteiger partial charge in [0.1, 0.15) is 5.69 Å². The molecule has 0 bridgehead atoms. The molecule has 2 N–H and O–H groups in total. The molecular weight excluding hydrogens is 330 g/mol. The Morgan fingerprint density at radius 2 is 2.08 bits per heavy atom. The predicted molar refractivity (Wildman–Crippen MR) is 89.6 cm³/mol. The third-order valence-corrected chi connectivity index (χ3v) is 5.08. The maximum Gasteiger partial charge on any atom is 0.262 e. The average molecular weight is 347 g/mol. The minimum Gasteiger partial charge on any atom is -0.480 e. The topological polar surface area (TPSA) is 97.4 Å². The molecule has 8 heteroatoms. The first-order valence-corrected chi connectivity index (χ1v) is 8.92. The summed E-state index contributed by atoms with van der Waals surface area (Å²) < 4.78 is 32.8. The van der Waals surface area contributed by atoms with Gasteiger partial charge >= 0.3 is 0 Å². The van der Waals surface area contributed by atoms with Crippen LogP contribution in [0, 0.1) is 0 Å². The SMILES string of the molecule is COc1ncccc1NS(=O)(=O)c1ccc2c(c1)CCCC(=O)N2. The summed E-state index contributed by atoms with van der Waals surface area (Å²) in [5, 5.41) is 2.78. The molecule has 1 aromatic carbocycles. The van der Waals surface area contributed by atoms with Gasteiger partial charge in [-0.3, -0.25) is 9.52 Å². The monoisotopic (exact) mass is 347 g/mol. The van der Waals surface area contributed by atoms with Crippen molar-refractivity contribution in [1.29, 1.82) is 0 Å². The highest BCUT2D eigenvalue weighted by atomic mass is 32.2. The van der Waals surface area contributed by atoms with E-state index in [1.807, 2.05) is 0 Å². The summed E-state index contributed by atoms with van der Waals surface area (Å²) in [4.78, 5) is 15.7. The molecular formula is C16H17N3O4S. The van der Waals surface area contributed by atoms with Gasteiger partial charge in [0.25, 0.3) is 10.0 Å². The number of carbonyl (C=O) groups is 1. The number of aromatic nitrogens is 1. The van der Waals surface area contributed by atoms with Crippen molar-refractivity contribution in [1.82, 2.24) is 4.98 Å². The van der Waals surface area contributed by atoms with Gasteiger partial charge in [0.2, 0.25) is 11.8 Å². The summed E-state index contributed by atoms with van der Waals surface area (Å²) in [6.45, 7) is 0. The Bertz CT molecular complexity index is 881. The summed E-state index contributed by atoms with van der Waals surface area (Å²) in [6, 6.07) is 7.87. The highest BCUT2D eigenvalue weighted by Gasteiger charge is 2.20. The molecule has 0 fully saturated rings. The molecule has 1 aliphatic rings. The van der Waals surface area contributed by atoms with Crippen molar-refractivity contribution in [3.8, 4) is 5.88 Å². The largest absolute Gasteiger partial charge is 0.480 e. The maximum absolute atomic E-state index is 12.6. The van der Waals surface area contributed by atoms with Crippen LogP contribution in [0.25, 0.3) is 0 Å². The number of aryl methyl sites for hydroxylation is 1. The summed E-state index contributed by atoms with van der Waals surface area (Å²) >= 11 is 0. The van der Waals surface area contributed by atoms with Crippen LogP contribution in [0.5, 0.6) is 5.88 Å². The van der Waals surface area contributed by atoms with Gasteiger partial charge in [-0.05, 0) is 48.7 Å². The van der Waals surface area contributed by atoms with Crippen LogP contribution in [-0.4, -0.2) is 26.4 Å². The molecule has 1 amide bonds. The van der Waals surface area contributed by atoms with E-state index in [-0.39, 0.29) is 22.4 Å². The number of hydrogen-bond donors (Lipinski definition) is 2. The molecule has 2 aromatic rings. The number of nitrogens with one attached hydrogen (secondary N) is 2. The maximum atomic E-state index is 12.6. The summed E-state index contributed by atoms with van der Waals surface area (Å²) in [7, 11) is -2.37. The Balaban J connectivity index is 1.93. The third-order valence-electron chi connectivity index (χ3n) is 3.72. The van der Waals surface area contributed by atoms with Gasteiger partial charge in [0.15, 0.2) is 0 Å². The Morgan fingerprint density at radius 3 is 2.88 bits per heavy atom. The van der Waals surface area contributed by atoms with Crippen LogP contribution in [-0.2, 0) is 21.2 Å². The molecule has 3 rings (SSSR count). The Kier molecular flexibility index (Phi) is 4.39. The van der Waals surface area contributed by atoms with Crippen LogP contribution in [0.4, 0.5) is 11.4 Å². The normalized spacial score (nSPS) is 14.3. The van der Waals surface area contributed by atoms with E-state index in [0.29, 0.717) is 24.9 Å². The molecule has 0 aliphatic carbocycles. The highest BCUT2D eigenvalue weighted by molar-refractivity contribution is 7.92. The summed E-state index contributed by atoms with van der Waals surface area (Å²) in [5.41, 5.74) is 1.74. The smallest absolute Gasteiger partial charge is 0.262 e. The molecule has 1 aromatic heterocycles. The van der Waals surface area contributed by atoms with E-state index in [4.69, 9.17) is 4.74 Å². The number of benzene rings is 1. The van der Waals surface area contributed by atoms with Gasteiger partial charge in [-0.2, -0.15) is 0 Å². The van der Waals surface area contributed by atoms with E-state index in [0.717, 1.165) is 5.56 Å². The minimum absolute atomic E-state index is 0.0532. The number of anilines is 2. The third kappa shape index (κ3) is 3.33. The second-order valence-electron chi connectivity index (χ2n) is 5.39. The molecule has 0 radical (unpaired) electrons. The Morgan fingerprint density at radius 1 is 1.25 bits per heavy atom. The first kappa shape index (κ1) is 16.3. The van der Waals surface area contributed by atoms with Crippen LogP contribution in [0.2, 0.25) is 0 Å². The number of sulfonamides is 1. The lowest BCUT2D eigenvalue weighted by Crippen LogP contribution is -2.15. The van der Waals surface area contributed by atoms with Gasteiger partial charge in [-0.15, -0.1) is 0 Å². The van der Waals surface area contributed by atoms with E-state index < -0.39 is 10.0 Å². The van der Waals surface area contributed by atoms with Gasteiger partial charge in [-0.1, -0.05) is 0 Å². The fourth-order valence-electron chi connectivity index (χ4n) is 2.55. The minimum atomic E-state index is -3.79. The van der Waals surface area contributed by atoms with Crippen molar-refractivity contribution in [3.63, 3.8) is 0 Å².